The minimum absolute atomic E-state index is 0. The van der Waals surface area contributed by atoms with Gasteiger partial charge in [-0.25, -0.2) is 4.39 Å². The maximum Gasteiger partial charge on any atom is 0.416 e. The van der Waals surface area contributed by atoms with Crippen LogP contribution in [0.25, 0.3) is 0 Å². The van der Waals surface area contributed by atoms with Gasteiger partial charge in [-0.1, -0.05) is 11.2 Å². The van der Waals surface area contributed by atoms with Crippen LogP contribution in [0.3, 0.4) is 0 Å². The Morgan fingerprint density at radius 3 is 2.50 bits per heavy atom. The van der Waals surface area contributed by atoms with Crippen LogP contribution in [0.1, 0.15) is 16.8 Å². The summed E-state index contributed by atoms with van der Waals surface area (Å²) in [5.41, 5.74) is -0.481. The van der Waals surface area contributed by atoms with Crippen LogP contribution in [0.5, 0.6) is 0 Å². The van der Waals surface area contributed by atoms with Crippen LogP contribution in [0.4, 0.5) is 17.6 Å². The predicted molar refractivity (Wildman–Crippen MR) is 90.4 cm³/mol. The van der Waals surface area contributed by atoms with Crippen molar-refractivity contribution in [2.75, 3.05) is 7.05 Å². The number of alkyl halides is 3. The Kier molecular flexibility index (Phi) is 7.45. The molecule has 0 saturated heterocycles. The molecule has 1 heterocycles. The molecule has 0 saturated carbocycles. The molecule has 0 radical (unpaired) electrons. The fourth-order valence-electron chi connectivity index (χ4n) is 1.87. The van der Waals surface area contributed by atoms with Crippen LogP contribution in [0, 0.1) is 5.82 Å². The molecule has 0 aliphatic heterocycles. The van der Waals surface area contributed by atoms with Gasteiger partial charge < -0.3 is 15.2 Å². The van der Waals surface area contributed by atoms with Crippen molar-refractivity contribution in [1.29, 1.82) is 0 Å². The van der Waals surface area contributed by atoms with Crippen molar-refractivity contribution in [2.24, 2.45) is 4.99 Å². The standard InChI is InChI=1S/C14H14F4N4O.HI/c1-19-13(21-8-11-4-5-23-22-11)20-7-9-2-3-10(15)6-12(9)14(16,17)18;/h2-6H,7-8H2,1H3,(H2,19,20,21);1H. The zero-order valence-corrected chi connectivity index (χ0v) is 14.9. The van der Waals surface area contributed by atoms with Crippen molar-refractivity contribution in [3.63, 3.8) is 0 Å². The van der Waals surface area contributed by atoms with Crippen LogP contribution in [0.15, 0.2) is 40.0 Å². The molecule has 1 aromatic heterocycles. The monoisotopic (exact) mass is 458 g/mol. The molecule has 0 bridgehead atoms. The van der Waals surface area contributed by atoms with E-state index in [-0.39, 0.29) is 42.0 Å². The fraction of sp³-hybridized carbons (Fsp3) is 0.286. The molecule has 2 aromatic rings. The van der Waals surface area contributed by atoms with E-state index in [1.807, 2.05) is 0 Å². The first-order valence-electron chi connectivity index (χ1n) is 6.59. The van der Waals surface area contributed by atoms with Crippen LogP contribution < -0.4 is 10.6 Å². The topological polar surface area (TPSA) is 62.5 Å². The maximum atomic E-state index is 13.0. The summed E-state index contributed by atoms with van der Waals surface area (Å²) in [6.45, 7) is 0.138. The molecule has 0 aliphatic rings. The van der Waals surface area contributed by atoms with E-state index in [9.17, 15) is 17.6 Å². The second-order valence-corrected chi connectivity index (χ2v) is 4.57. The van der Waals surface area contributed by atoms with Crippen molar-refractivity contribution in [3.8, 4) is 0 Å². The van der Waals surface area contributed by atoms with Gasteiger partial charge in [-0.2, -0.15) is 13.2 Å². The summed E-state index contributed by atoms with van der Waals surface area (Å²) in [5.74, 6) is -0.653. The highest BCUT2D eigenvalue weighted by atomic mass is 127. The number of hydrogen-bond donors (Lipinski definition) is 2. The number of guanidine groups is 1. The summed E-state index contributed by atoms with van der Waals surface area (Å²) in [4.78, 5) is 3.89. The molecule has 2 N–H and O–H groups in total. The molecule has 2 rings (SSSR count). The van der Waals surface area contributed by atoms with Gasteiger partial charge in [0, 0.05) is 19.7 Å². The van der Waals surface area contributed by atoms with Crippen LogP contribution in [-0.2, 0) is 19.3 Å². The third-order valence-electron chi connectivity index (χ3n) is 2.98. The van der Waals surface area contributed by atoms with Crippen molar-refractivity contribution in [3.05, 3.63) is 53.2 Å². The third-order valence-corrected chi connectivity index (χ3v) is 2.98. The minimum atomic E-state index is -4.63. The lowest BCUT2D eigenvalue weighted by Gasteiger charge is -2.15. The summed E-state index contributed by atoms with van der Waals surface area (Å²) < 4.78 is 56.4. The molecule has 0 fully saturated rings. The van der Waals surface area contributed by atoms with E-state index in [4.69, 9.17) is 0 Å². The first-order valence-corrected chi connectivity index (χ1v) is 6.59. The van der Waals surface area contributed by atoms with Crippen LogP contribution in [-0.4, -0.2) is 18.2 Å². The highest BCUT2D eigenvalue weighted by molar-refractivity contribution is 14.0. The predicted octanol–water partition coefficient (Wildman–Crippen LogP) is 3.32. The maximum absolute atomic E-state index is 13.0. The van der Waals surface area contributed by atoms with E-state index < -0.39 is 17.6 Å². The Morgan fingerprint density at radius 2 is 1.92 bits per heavy atom. The molecule has 0 amide bonds. The number of aliphatic imine (C=N–C) groups is 1. The quantitative estimate of drug-likeness (QED) is 0.320. The molecule has 10 heteroatoms. The van der Waals surface area contributed by atoms with E-state index in [2.05, 4.69) is 25.3 Å². The Morgan fingerprint density at radius 1 is 1.21 bits per heavy atom. The zero-order chi connectivity index (χ0) is 16.9. The van der Waals surface area contributed by atoms with E-state index >= 15 is 0 Å². The van der Waals surface area contributed by atoms with Gasteiger partial charge in [0.2, 0.25) is 0 Å². The van der Waals surface area contributed by atoms with Crippen molar-refractivity contribution >= 4 is 29.9 Å². The van der Waals surface area contributed by atoms with Crippen LogP contribution >= 0.6 is 24.0 Å². The smallest absolute Gasteiger partial charge is 0.364 e. The molecule has 0 spiro atoms. The Balaban J connectivity index is 0.00000288. The Bertz CT molecular complexity index is 674. The summed E-state index contributed by atoms with van der Waals surface area (Å²) >= 11 is 0. The molecule has 0 aliphatic carbocycles. The fourth-order valence-corrected chi connectivity index (χ4v) is 1.87. The van der Waals surface area contributed by atoms with Crippen molar-refractivity contribution in [2.45, 2.75) is 19.3 Å². The normalized spacial score (nSPS) is 11.8. The summed E-state index contributed by atoms with van der Waals surface area (Å²) in [5, 5.41) is 9.30. The van der Waals surface area contributed by atoms with Gasteiger partial charge in [0.25, 0.3) is 0 Å². The van der Waals surface area contributed by atoms with Crippen molar-refractivity contribution in [1.82, 2.24) is 15.8 Å². The number of benzene rings is 1. The van der Waals surface area contributed by atoms with Gasteiger partial charge in [-0.15, -0.1) is 24.0 Å². The molecule has 132 valence electrons. The van der Waals surface area contributed by atoms with Gasteiger partial charge in [0.15, 0.2) is 5.96 Å². The largest absolute Gasteiger partial charge is 0.416 e. The highest BCUT2D eigenvalue weighted by Gasteiger charge is 2.33. The molecular formula is C14H15F4IN4O. The van der Waals surface area contributed by atoms with E-state index in [0.29, 0.717) is 18.3 Å². The SMILES string of the molecule is CN=C(NCc1ccon1)NCc1ccc(F)cc1C(F)(F)F.I. The second kappa shape index (κ2) is 8.85. The third kappa shape index (κ3) is 5.65. The highest BCUT2D eigenvalue weighted by Crippen LogP contribution is 2.32. The lowest BCUT2D eigenvalue weighted by molar-refractivity contribution is -0.138. The Hall–Kier alpha value is -1.85. The number of rotatable bonds is 4. The van der Waals surface area contributed by atoms with Crippen LogP contribution in [0.2, 0.25) is 0 Å². The minimum Gasteiger partial charge on any atom is -0.364 e. The second-order valence-electron chi connectivity index (χ2n) is 4.57. The first-order chi connectivity index (χ1) is 10.9. The van der Waals surface area contributed by atoms with Gasteiger partial charge in [-0.3, -0.25) is 4.99 Å². The van der Waals surface area contributed by atoms with Gasteiger partial charge in [0.05, 0.1) is 12.1 Å². The zero-order valence-electron chi connectivity index (χ0n) is 12.5. The number of nitrogens with zero attached hydrogens (tertiary/aromatic N) is 2. The number of nitrogens with one attached hydrogen (secondary N) is 2. The number of hydrogen-bond acceptors (Lipinski definition) is 3. The van der Waals surface area contributed by atoms with E-state index in [1.165, 1.54) is 13.3 Å². The molecule has 5 nitrogen and oxygen atoms in total. The van der Waals surface area contributed by atoms with E-state index in [0.717, 1.165) is 12.1 Å². The molecule has 0 unspecified atom stereocenters. The van der Waals surface area contributed by atoms with E-state index in [1.54, 1.807) is 6.07 Å². The average Bonchev–Trinajstić information content (AvgIpc) is 3.01. The summed E-state index contributed by atoms with van der Waals surface area (Å²) in [7, 11) is 1.48. The first kappa shape index (κ1) is 20.2. The number of aromatic nitrogens is 1. The lowest BCUT2D eigenvalue weighted by Crippen LogP contribution is -2.36. The Labute approximate surface area is 152 Å². The number of halogens is 5. The van der Waals surface area contributed by atoms with Gasteiger partial charge >= 0.3 is 6.18 Å². The molecule has 1 aromatic carbocycles. The van der Waals surface area contributed by atoms with Gasteiger partial charge in [0.1, 0.15) is 17.8 Å². The molecular weight excluding hydrogens is 443 g/mol. The molecule has 0 atom stereocenters. The van der Waals surface area contributed by atoms with Crippen molar-refractivity contribution < 1.29 is 22.1 Å². The lowest BCUT2D eigenvalue weighted by atomic mass is 10.1. The summed E-state index contributed by atoms with van der Waals surface area (Å²) in [6.07, 6.45) is -3.22. The average molecular weight is 458 g/mol. The van der Waals surface area contributed by atoms with Gasteiger partial charge in [-0.05, 0) is 17.7 Å². The summed E-state index contributed by atoms with van der Waals surface area (Å²) in [6, 6.07) is 4.19. The molecule has 24 heavy (non-hydrogen) atoms.